The van der Waals surface area contributed by atoms with Gasteiger partial charge in [0.15, 0.2) is 0 Å². The Labute approximate surface area is 148 Å². The lowest BCUT2D eigenvalue weighted by atomic mass is 10.1. The molecule has 2 aromatic carbocycles. The number of benzene rings is 2. The summed E-state index contributed by atoms with van der Waals surface area (Å²) in [4.78, 5) is 23.2. The van der Waals surface area contributed by atoms with Crippen LogP contribution >= 0.6 is 34.8 Å². The Morgan fingerprint density at radius 2 is 1.65 bits per heavy atom. The molecule has 0 saturated carbocycles. The minimum absolute atomic E-state index is 0.0598. The quantitative estimate of drug-likeness (QED) is 0.783. The van der Waals surface area contributed by atoms with Gasteiger partial charge < -0.3 is 10.4 Å². The molecule has 0 bridgehead atoms. The molecule has 23 heavy (non-hydrogen) atoms. The molecule has 2 aromatic rings. The number of aryl methyl sites for hydroxylation is 1. The minimum Gasteiger partial charge on any atom is -0.478 e. The average molecular weight is 373 g/mol. The standard InChI is InChI=1S/C16H12Cl3NO3/c17-10-4-5-14(12(7-10)16(22)23)20-15(21)6-2-9-1-3-11(18)8-13(9)19/h1,3-5,7-8H,2,6H2,(H,20,21)(H,22,23). The second-order valence-corrected chi connectivity index (χ2v) is 6.06. The monoisotopic (exact) mass is 371 g/mol. The van der Waals surface area contributed by atoms with E-state index in [-0.39, 0.29) is 28.6 Å². The third-order valence-electron chi connectivity index (χ3n) is 3.12. The summed E-state index contributed by atoms with van der Waals surface area (Å²) in [5.74, 6) is -1.48. The largest absolute Gasteiger partial charge is 0.478 e. The zero-order chi connectivity index (χ0) is 17.0. The van der Waals surface area contributed by atoms with Crippen molar-refractivity contribution in [3.63, 3.8) is 0 Å². The van der Waals surface area contributed by atoms with E-state index in [0.717, 1.165) is 5.56 Å². The predicted octanol–water partition coefficient (Wildman–Crippen LogP) is 4.92. The fourth-order valence-electron chi connectivity index (χ4n) is 1.99. The van der Waals surface area contributed by atoms with Crippen LogP contribution in [0.5, 0.6) is 0 Å². The Morgan fingerprint density at radius 1 is 1.00 bits per heavy atom. The highest BCUT2D eigenvalue weighted by Crippen LogP contribution is 2.23. The number of nitrogens with one attached hydrogen (secondary N) is 1. The second-order valence-electron chi connectivity index (χ2n) is 4.78. The number of carbonyl (C=O) groups is 2. The van der Waals surface area contributed by atoms with Crippen molar-refractivity contribution in [3.8, 4) is 0 Å². The smallest absolute Gasteiger partial charge is 0.337 e. The van der Waals surface area contributed by atoms with E-state index in [9.17, 15) is 9.59 Å². The Balaban J connectivity index is 2.04. The van der Waals surface area contributed by atoms with E-state index >= 15 is 0 Å². The molecule has 120 valence electrons. The molecule has 0 aliphatic heterocycles. The zero-order valence-electron chi connectivity index (χ0n) is 11.8. The highest BCUT2D eigenvalue weighted by Gasteiger charge is 2.13. The van der Waals surface area contributed by atoms with E-state index in [2.05, 4.69) is 5.32 Å². The van der Waals surface area contributed by atoms with E-state index in [1.54, 1.807) is 18.2 Å². The minimum atomic E-state index is -1.16. The van der Waals surface area contributed by atoms with Crippen molar-refractivity contribution in [2.45, 2.75) is 12.8 Å². The first kappa shape index (κ1) is 17.6. The second kappa shape index (κ2) is 7.68. The van der Waals surface area contributed by atoms with Gasteiger partial charge in [-0.1, -0.05) is 40.9 Å². The van der Waals surface area contributed by atoms with Gasteiger partial charge in [-0.15, -0.1) is 0 Å². The predicted molar refractivity (Wildman–Crippen MR) is 91.8 cm³/mol. The molecular formula is C16H12Cl3NO3. The number of carboxylic acid groups (broad SMARTS) is 1. The van der Waals surface area contributed by atoms with Gasteiger partial charge in [0.1, 0.15) is 0 Å². The lowest BCUT2D eigenvalue weighted by Crippen LogP contribution is -2.15. The fourth-order valence-corrected chi connectivity index (χ4v) is 2.66. The van der Waals surface area contributed by atoms with Crippen LogP contribution in [0.1, 0.15) is 22.3 Å². The van der Waals surface area contributed by atoms with E-state index in [1.807, 2.05) is 0 Å². The average Bonchev–Trinajstić information content (AvgIpc) is 2.48. The number of amides is 1. The van der Waals surface area contributed by atoms with Gasteiger partial charge in [0.2, 0.25) is 5.91 Å². The van der Waals surface area contributed by atoms with E-state index in [1.165, 1.54) is 18.2 Å². The van der Waals surface area contributed by atoms with Crippen LogP contribution in [0.4, 0.5) is 5.69 Å². The van der Waals surface area contributed by atoms with Gasteiger partial charge in [0, 0.05) is 21.5 Å². The third kappa shape index (κ3) is 4.86. The number of carboxylic acids is 1. The van der Waals surface area contributed by atoms with Crippen LogP contribution in [0.25, 0.3) is 0 Å². The molecule has 2 rings (SSSR count). The number of hydrogen-bond donors (Lipinski definition) is 2. The SMILES string of the molecule is O=C(CCc1ccc(Cl)cc1Cl)Nc1ccc(Cl)cc1C(=O)O. The highest BCUT2D eigenvalue weighted by atomic mass is 35.5. The van der Waals surface area contributed by atoms with Crippen LogP contribution < -0.4 is 5.32 Å². The molecule has 0 unspecified atom stereocenters. The number of rotatable bonds is 5. The van der Waals surface area contributed by atoms with Crippen LogP contribution in [-0.4, -0.2) is 17.0 Å². The van der Waals surface area contributed by atoms with Gasteiger partial charge in [-0.3, -0.25) is 4.79 Å². The first-order valence-corrected chi connectivity index (χ1v) is 7.77. The number of aromatic carboxylic acids is 1. The summed E-state index contributed by atoms with van der Waals surface area (Å²) in [6, 6.07) is 9.32. The highest BCUT2D eigenvalue weighted by molar-refractivity contribution is 6.35. The molecule has 0 saturated heterocycles. The van der Waals surface area contributed by atoms with Crippen LogP contribution in [0.2, 0.25) is 15.1 Å². The first-order chi connectivity index (χ1) is 10.9. The van der Waals surface area contributed by atoms with Gasteiger partial charge in [0.25, 0.3) is 0 Å². The van der Waals surface area contributed by atoms with Crippen molar-refractivity contribution in [2.24, 2.45) is 0 Å². The van der Waals surface area contributed by atoms with Gasteiger partial charge in [-0.2, -0.15) is 0 Å². The van der Waals surface area contributed by atoms with Gasteiger partial charge in [0.05, 0.1) is 11.3 Å². The molecule has 4 nitrogen and oxygen atoms in total. The van der Waals surface area contributed by atoms with Crippen LogP contribution in [-0.2, 0) is 11.2 Å². The maximum absolute atomic E-state index is 12.0. The molecule has 0 fully saturated rings. The molecule has 2 N–H and O–H groups in total. The molecule has 0 heterocycles. The first-order valence-electron chi connectivity index (χ1n) is 6.63. The number of hydrogen-bond acceptors (Lipinski definition) is 2. The van der Waals surface area contributed by atoms with Crippen molar-refractivity contribution in [3.05, 3.63) is 62.6 Å². The van der Waals surface area contributed by atoms with E-state index in [0.29, 0.717) is 16.5 Å². The summed E-state index contributed by atoms with van der Waals surface area (Å²) >= 11 is 17.6. The molecule has 1 amide bonds. The molecular weight excluding hydrogens is 361 g/mol. The lowest BCUT2D eigenvalue weighted by Gasteiger charge is -2.09. The fraction of sp³-hybridized carbons (Fsp3) is 0.125. The van der Waals surface area contributed by atoms with Gasteiger partial charge >= 0.3 is 5.97 Å². The summed E-state index contributed by atoms with van der Waals surface area (Å²) < 4.78 is 0. The maximum atomic E-state index is 12.0. The third-order valence-corrected chi connectivity index (χ3v) is 3.94. The Hall–Kier alpha value is -1.75. The van der Waals surface area contributed by atoms with Crippen molar-refractivity contribution in [1.82, 2.24) is 0 Å². The van der Waals surface area contributed by atoms with Gasteiger partial charge in [-0.25, -0.2) is 4.79 Å². The maximum Gasteiger partial charge on any atom is 0.337 e. The summed E-state index contributed by atoms with van der Waals surface area (Å²) in [5.41, 5.74) is 0.935. The van der Waals surface area contributed by atoms with Crippen molar-refractivity contribution >= 4 is 52.4 Å². The molecule has 0 spiro atoms. The molecule has 0 aromatic heterocycles. The van der Waals surface area contributed by atoms with Crippen LogP contribution in [0.15, 0.2) is 36.4 Å². The topological polar surface area (TPSA) is 66.4 Å². The normalized spacial score (nSPS) is 10.4. The van der Waals surface area contributed by atoms with Crippen molar-refractivity contribution in [1.29, 1.82) is 0 Å². The Morgan fingerprint density at radius 3 is 2.30 bits per heavy atom. The molecule has 0 aliphatic rings. The van der Waals surface area contributed by atoms with Crippen molar-refractivity contribution in [2.75, 3.05) is 5.32 Å². The number of anilines is 1. The molecule has 0 aliphatic carbocycles. The number of carbonyl (C=O) groups excluding carboxylic acids is 1. The van der Waals surface area contributed by atoms with Crippen LogP contribution in [0, 0.1) is 0 Å². The lowest BCUT2D eigenvalue weighted by molar-refractivity contribution is -0.116. The molecule has 7 heteroatoms. The Bertz CT molecular complexity index is 762. The molecule has 0 radical (unpaired) electrons. The summed E-state index contributed by atoms with van der Waals surface area (Å²) in [6.45, 7) is 0. The molecule has 0 atom stereocenters. The van der Waals surface area contributed by atoms with Crippen LogP contribution in [0.3, 0.4) is 0 Å². The summed E-state index contributed by atoms with van der Waals surface area (Å²) in [7, 11) is 0. The Kier molecular flexibility index (Phi) is 5.88. The zero-order valence-corrected chi connectivity index (χ0v) is 14.0. The van der Waals surface area contributed by atoms with Crippen molar-refractivity contribution < 1.29 is 14.7 Å². The van der Waals surface area contributed by atoms with E-state index < -0.39 is 5.97 Å². The summed E-state index contributed by atoms with van der Waals surface area (Å²) in [6.07, 6.45) is 0.570. The number of halogens is 3. The van der Waals surface area contributed by atoms with E-state index in [4.69, 9.17) is 39.9 Å². The summed E-state index contributed by atoms with van der Waals surface area (Å²) in [5, 5.41) is 13.0. The van der Waals surface area contributed by atoms with Gasteiger partial charge in [-0.05, 0) is 42.3 Å².